The van der Waals surface area contributed by atoms with Crippen molar-refractivity contribution in [2.45, 2.75) is 179 Å². The number of fused-ring (bicyclic) bond motifs is 6. The Labute approximate surface area is 650 Å². The number of halogens is 3. The average Bonchev–Trinajstić information content (AvgIpc) is 0.776. The Morgan fingerprint density at radius 2 is 0.708 bits per heavy atom. The predicted octanol–water partition coefficient (Wildman–Crippen LogP) is 22.7. The lowest BCUT2D eigenvalue weighted by Crippen LogP contribution is -2.33. The Hall–Kier alpha value is -7.78. The number of aromatic nitrogens is 1. The number of hydrogen-bond donors (Lipinski definition) is 2. The van der Waals surface area contributed by atoms with Crippen molar-refractivity contribution in [3.05, 3.63) is 173 Å². The second-order valence-electron chi connectivity index (χ2n) is 30.4. The molecule has 0 aliphatic carbocycles. The van der Waals surface area contributed by atoms with E-state index in [-0.39, 0.29) is 0 Å². The summed E-state index contributed by atoms with van der Waals surface area (Å²) in [6, 6.07) is 31.4. The van der Waals surface area contributed by atoms with Crippen molar-refractivity contribution in [2.24, 2.45) is 0 Å². The van der Waals surface area contributed by atoms with Gasteiger partial charge in [-0.25, -0.2) is 0 Å². The molecule has 8 aromatic rings. The van der Waals surface area contributed by atoms with Crippen LogP contribution < -0.4 is 63.4 Å². The summed E-state index contributed by atoms with van der Waals surface area (Å²) >= 11 is 19.1. The maximum Gasteiger partial charge on any atom is 0.144 e. The van der Waals surface area contributed by atoms with Crippen molar-refractivity contribution in [3.63, 3.8) is 0 Å². The Morgan fingerprint density at radius 1 is 0.358 bits per heavy atom. The van der Waals surface area contributed by atoms with Crippen LogP contribution in [0.5, 0.6) is 40.2 Å². The van der Waals surface area contributed by atoms with E-state index in [4.69, 9.17) is 68.0 Å². The molecule has 0 saturated carbocycles. The fourth-order valence-corrected chi connectivity index (χ4v) is 16.3. The zero-order valence-electron chi connectivity index (χ0n) is 67.3. The molecule has 1 aromatic heterocycles. The lowest BCUT2D eigenvalue weighted by Gasteiger charge is -2.33. The van der Waals surface area contributed by atoms with Crippen molar-refractivity contribution in [2.75, 3.05) is 143 Å². The van der Waals surface area contributed by atoms with Gasteiger partial charge in [-0.1, -0.05) is 174 Å². The summed E-state index contributed by atoms with van der Waals surface area (Å²) in [5.41, 5.74) is 22.5. The van der Waals surface area contributed by atoms with Crippen LogP contribution in [0.1, 0.15) is 213 Å². The van der Waals surface area contributed by atoms with Gasteiger partial charge in [0.05, 0.1) is 87.5 Å². The van der Waals surface area contributed by atoms with Gasteiger partial charge in [0.25, 0.3) is 0 Å². The first-order valence-electron chi connectivity index (χ1n) is 38.8. The molecular weight excluding hydrogens is 1390 g/mol. The van der Waals surface area contributed by atoms with Crippen LogP contribution in [0, 0.1) is 20.8 Å². The van der Waals surface area contributed by atoms with Gasteiger partial charge in [0.1, 0.15) is 79.9 Å². The molecule has 14 nitrogen and oxygen atoms in total. The van der Waals surface area contributed by atoms with E-state index < -0.39 is 0 Å². The van der Waals surface area contributed by atoms with E-state index in [1.165, 1.54) is 83.6 Å². The van der Waals surface area contributed by atoms with Gasteiger partial charge in [0.15, 0.2) is 0 Å². The first kappa shape index (κ1) is 82.3. The zero-order chi connectivity index (χ0) is 76.8. The SMILES string of the molecule is CC(C)c1ccc2c(c1Cl)N(C)CCO2.CC(C)c1ccc2c(c1Cl)NCCO2.CC(C)c1ccc2c3c(ccnc13)CCO2.CCN1CCOc2ccc(C(C)C)c(C)c21.CCN1CCOc2ccc(C(C)C)c(Cl)c21.Cc1c(C(C)C)ccc2c1N(C)CCO2.Cc1c(C(C)C)ccc2c1NCCO2. The number of rotatable bonds is 9. The van der Waals surface area contributed by atoms with Crippen molar-refractivity contribution in [1.82, 2.24) is 4.98 Å². The standard InChI is InChI=1S/C14H15NO.C14H21NO.C13H18ClNO.C13H19NO.C12H16ClNO.C12H17NO.C11H14ClNO/c1-9(2)11-3-4-12-13-10(6-8-16-12)5-7-15-14(11)13;1-5-15-8-9-16-13-7-6-12(10(2)3)11(4)14(13)15;1-4-15-7-8-16-11-6-5-10(9(2)3)12(14)13(11)15;1-9(2)11-5-6-12-13(10(11)3)14(4)7-8-15-12;1-8(2)9-4-5-10-12(11(9)13)14(3)6-7-15-10;1-8(2)10-4-5-11-12(9(10)3)13-6-7-14-11;1-7(2)8-3-4-9-11(10(8)12)13-5-6-14-9/h3-5,7,9H,6,8H2,1-2H3;6-7,10H,5,8-9H2,1-4H3;5-6,9H,4,7-8H2,1-3H3;5-6,9H,7-8H2,1-4H3;4-5,8H,6-7H2,1-3H3;4-5,8,13H,6-7H2,1-3H3;3-4,7,13H,5-6H2,1-2H3. The molecule has 106 heavy (non-hydrogen) atoms. The highest BCUT2D eigenvalue weighted by molar-refractivity contribution is 6.35. The van der Waals surface area contributed by atoms with E-state index >= 15 is 0 Å². The predicted molar refractivity (Wildman–Crippen MR) is 450 cm³/mol. The number of nitrogens with one attached hydrogen (secondary N) is 2. The maximum absolute atomic E-state index is 6.47. The van der Waals surface area contributed by atoms with E-state index in [9.17, 15) is 0 Å². The molecule has 0 spiro atoms. The number of pyridine rings is 1. The first-order valence-corrected chi connectivity index (χ1v) is 39.9. The molecule has 15 rings (SSSR count). The van der Waals surface area contributed by atoms with Gasteiger partial charge in [0.2, 0.25) is 0 Å². The molecule has 0 saturated heterocycles. The third-order valence-corrected chi connectivity index (χ3v) is 21.9. The summed E-state index contributed by atoms with van der Waals surface area (Å²) < 4.78 is 39.4. The molecule has 0 fully saturated rings. The summed E-state index contributed by atoms with van der Waals surface area (Å²) in [5, 5.41) is 10.4. The largest absolute Gasteiger partial charge is 0.493 e. The number of hydrogen-bond acceptors (Lipinski definition) is 14. The van der Waals surface area contributed by atoms with E-state index in [1.54, 1.807) is 0 Å². The van der Waals surface area contributed by atoms with Crippen molar-refractivity contribution < 1.29 is 33.2 Å². The van der Waals surface area contributed by atoms with E-state index in [2.05, 4.69) is 248 Å². The minimum Gasteiger partial charge on any atom is -0.493 e. The van der Waals surface area contributed by atoms with Crippen LogP contribution in [0.3, 0.4) is 0 Å². The molecule has 0 radical (unpaired) electrons. The summed E-state index contributed by atoms with van der Waals surface area (Å²) in [5.74, 6) is 10.3. The minimum atomic E-state index is 0.441. The molecule has 7 aliphatic heterocycles. The molecule has 0 unspecified atom stereocenters. The molecule has 2 N–H and O–H groups in total. The Bertz CT molecular complexity index is 4040. The van der Waals surface area contributed by atoms with Gasteiger partial charge in [0, 0.05) is 58.3 Å². The minimum absolute atomic E-state index is 0.441. The number of likely N-dealkylation sites (N-methyl/N-ethyl adjacent to an activating group) is 4. The van der Waals surface area contributed by atoms with E-state index in [0.29, 0.717) is 48.0 Å². The van der Waals surface area contributed by atoms with Crippen LogP contribution in [0.4, 0.5) is 34.1 Å². The van der Waals surface area contributed by atoms with Crippen LogP contribution in [0.25, 0.3) is 10.9 Å². The molecule has 7 aliphatic rings. The number of benzene rings is 7. The third kappa shape index (κ3) is 19.2. The van der Waals surface area contributed by atoms with Crippen molar-refractivity contribution >= 4 is 79.8 Å². The first-order chi connectivity index (χ1) is 50.7. The summed E-state index contributed by atoms with van der Waals surface area (Å²) in [6.45, 7) is 54.5. The van der Waals surface area contributed by atoms with Crippen LogP contribution >= 0.6 is 34.8 Å². The topological polar surface area (TPSA) is 115 Å². The normalized spacial score (nSPS) is 14.8. The fourth-order valence-electron chi connectivity index (χ4n) is 14.9. The number of nitrogens with zero attached hydrogens (tertiary/aromatic N) is 5. The van der Waals surface area contributed by atoms with Crippen LogP contribution in [0.2, 0.25) is 15.1 Å². The van der Waals surface area contributed by atoms with Crippen molar-refractivity contribution in [3.8, 4) is 40.2 Å². The molecule has 0 bridgehead atoms. The van der Waals surface area contributed by atoms with Gasteiger partial charge in [-0.3, -0.25) is 4.98 Å². The van der Waals surface area contributed by atoms with Gasteiger partial charge in [-0.05, 0) is 186 Å². The molecule has 574 valence electrons. The molecule has 0 amide bonds. The van der Waals surface area contributed by atoms with Crippen LogP contribution in [-0.4, -0.2) is 118 Å². The zero-order valence-corrected chi connectivity index (χ0v) is 69.6. The van der Waals surface area contributed by atoms with Crippen LogP contribution in [0.15, 0.2) is 97.2 Å². The second kappa shape index (κ2) is 37.8. The van der Waals surface area contributed by atoms with Crippen molar-refractivity contribution in [1.29, 1.82) is 0 Å². The highest BCUT2D eigenvalue weighted by atomic mass is 35.5. The molecule has 0 atom stereocenters. The summed E-state index contributed by atoms with van der Waals surface area (Å²) in [4.78, 5) is 13.7. The van der Waals surface area contributed by atoms with E-state index in [0.717, 1.165) is 176 Å². The molecule has 17 heteroatoms. The molecule has 8 heterocycles. The van der Waals surface area contributed by atoms with Gasteiger partial charge in [-0.2, -0.15) is 0 Å². The highest BCUT2D eigenvalue weighted by Crippen LogP contribution is 2.46. The maximum atomic E-state index is 6.47. The number of anilines is 6. The Balaban J connectivity index is 0.000000143. The van der Waals surface area contributed by atoms with Crippen LogP contribution in [-0.2, 0) is 6.42 Å². The Kier molecular flexibility index (Phi) is 29.4. The van der Waals surface area contributed by atoms with Gasteiger partial charge >= 0.3 is 0 Å². The van der Waals surface area contributed by atoms with Gasteiger partial charge in [-0.15, -0.1) is 0 Å². The van der Waals surface area contributed by atoms with Gasteiger partial charge < -0.3 is 63.4 Å². The van der Waals surface area contributed by atoms with E-state index in [1.807, 2.05) is 30.5 Å². The summed E-state index contributed by atoms with van der Waals surface area (Å²) in [6.07, 6.45) is 2.91. The summed E-state index contributed by atoms with van der Waals surface area (Å²) in [7, 11) is 4.19. The fraction of sp³-hybridized carbons (Fsp3) is 0.494. The third-order valence-electron chi connectivity index (χ3n) is 20.7. The number of ether oxygens (including phenoxy) is 7. The second-order valence-corrected chi connectivity index (χ2v) is 31.5. The average molecular weight is 1510 g/mol. The Morgan fingerprint density at radius 3 is 1.21 bits per heavy atom. The lowest BCUT2D eigenvalue weighted by atomic mass is 9.95. The molecule has 7 aromatic carbocycles. The molecular formula is C89H120Cl3N7O7. The lowest BCUT2D eigenvalue weighted by molar-refractivity contribution is 0.308. The smallest absolute Gasteiger partial charge is 0.144 e. The highest BCUT2D eigenvalue weighted by Gasteiger charge is 2.27. The quantitative estimate of drug-likeness (QED) is 0.143. The monoisotopic (exact) mass is 1500 g/mol.